The normalized spacial score (nSPS) is 13.2. The van der Waals surface area contributed by atoms with E-state index in [1.807, 2.05) is 0 Å². The second kappa shape index (κ2) is 19.7. The maximum absolute atomic E-state index is 7.62. The van der Waals surface area contributed by atoms with Gasteiger partial charge in [0.2, 0.25) is 5.88 Å². The summed E-state index contributed by atoms with van der Waals surface area (Å²) in [7, 11) is 0. The molecular weight excluding hydrogens is 994 g/mol. The summed E-state index contributed by atoms with van der Waals surface area (Å²) in [5.41, 5.74) is 23.4. The molecule has 4 nitrogen and oxygen atoms in total. The third-order valence-corrected chi connectivity index (χ3v) is 17.4. The van der Waals surface area contributed by atoms with E-state index in [0.29, 0.717) is 0 Å². The van der Waals surface area contributed by atoms with Gasteiger partial charge in [0.25, 0.3) is 6.71 Å². The summed E-state index contributed by atoms with van der Waals surface area (Å²) < 4.78 is 7.62. The van der Waals surface area contributed by atoms with Gasteiger partial charge in [-0.05, 0) is 145 Å². The van der Waals surface area contributed by atoms with Crippen molar-refractivity contribution in [2.24, 2.45) is 0 Å². The first kappa shape index (κ1) is 52.6. The molecule has 1 aromatic heterocycles. The maximum atomic E-state index is 7.62. The molecule has 404 valence electrons. The average molecular weight is 1070 g/mol. The lowest BCUT2D eigenvalue weighted by Crippen LogP contribution is -2.61. The molecule has 0 unspecified atom stereocenters. The summed E-state index contributed by atoms with van der Waals surface area (Å²) in [6.45, 7) is 25.3. The van der Waals surface area contributed by atoms with Crippen LogP contribution in [0.4, 0.5) is 51.4 Å². The van der Waals surface area contributed by atoms with Gasteiger partial charge in [-0.15, -0.1) is 0 Å². The molecule has 0 bridgehead atoms. The highest BCUT2D eigenvalue weighted by Gasteiger charge is 2.48. The Bertz CT molecular complexity index is 4140. The van der Waals surface area contributed by atoms with Crippen LogP contribution in [0.5, 0.6) is 0 Å². The monoisotopic (exact) mass is 1070 g/mol. The minimum absolute atomic E-state index is 0.102. The molecule has 11 aromatic rings. The maximum Gasteiger partial charge on any atom is 0.257 e. The zero-order valence-electron chi connectivity index (χ0n) is 49.3. The zero-order chi connectivity index (χ0) is 56.9. The van der Waals surface area contributed by atoms with Crippen LogP contribution >= 0.6 is 0 Å². The second-order valence-electron chi connectivity index (χ2n) is 26.3. The second-order valence-corrected chi connectivity index (χ2v) is 26.3. The van der Waals surface area contributed by atoms with Crippen LogP contribution in [-0.4, -0.2) is 6.71 Å². The molecule has 3 heterocycles. The molecule has 0 N–H and O–H groups in total. The van der Waals surface area contributed by atoms with Crippen molar-refractivity contribution in [3.8, 4) is 22.3 Å². The number of fused-ring (bicyclic) bond motifs is 6. The average Bonchev–Trinajstić information content (AvgIpc) is 1.27. The molecular formula is C77H72BN3O. The van der Waals surface area contributed by atoms with Crippen LogP contribution in [0.1, 0.15) is 104 Å². The largest absolute Gasteiger partial charge is 0.440 e. The van der Waals surface area contributed by atoms with E-state index in [2.05, 4.69) is 327 Å². The van der Waals surface area contributed by atoms with Gasteiger partial charge < -0.3 is 14.2 Å². The van der Waals surface area contributed by atoms with Crippen LogP contribution in [-0.2, 0) is 21.7 Å². The number of benzene rings is 10. The fraction of sp³-hybridized carbons (Fsp3) is 0.195. The summed E-state index contributed by atoms with van der Waals surface area (Å²) in [4.78, 5) is 7.55. The molecule has 82 heavy (non-hydrogen) atoms. The van der Waals surface area contributed by atoms with Crippen molar-refractivity contribution in [1.82, 2.24) is 0 Å². The first-order valence-electron chi connectivity index (χ1n) is 29.2. The van der Waals surface area contributed by atoms with Gasteiger partial charge >= 0.3 is 0 Å². The molecule has 0 saturated carbocycles. The lowest BCUT2D eigenvalue weighted by molar-refractivity contribution is 0.589. The fourth-order valence-electron chi connectivity index (χ4n) is 12.7. The number of hydrogen-bond acceptors (Lipinski definition) is 4. The first-order chi connectivity index (χ1) is 39.3. The van der Waals surface area contributed by atoms with E-state index in [1.54, 1.807) is 0 Å². The van der Waals surface area contributed by atoms with Crippen LogP contribution in [0.2, 0.25) is 0 Å². The Hall–Kier alpha value is -8.80. The van der Waals surface area contributed by atoms with Crippen molar-refractivity contribution in [2.45, 2.75) is 97.8 Å². The molecule has 2 aliphatic rings. The number of para-hydroxylation sites is 2. The van der Waals surface area contributed by atoms with Crippen molar-refractivity contribution in [3.63, 3.8) is 0 Å². The summed E-state index contributed by atoms with van der Waals surface area (Å²) >= 11 is 0. The van der Waals surface area contributed by atoms with Crippen LogP contribution in [0.25, 0.3) is 33.2 Å². The van der Waals surface area contributed by atoms with Crippen molar-refractivity contribution in [3.05, 3.63) is 264 Å². The summed E-state index contributed by atoms with van der Waals surface area (Å²) in [5.74, 6) is 0.834. The van der Waals surface area contributed by atoms with Crippen molar-refractivity contribution >= 4 is 85.5 Å². The Morgan fingerprint density at radius 3 is 1.29 bits per heavy atom. The Labute approximate surface area is 486 Å². The van der Waals surface area contributed by atoms with Crippen molar-refractivity contribution < 1.29 is 4.42 Å². The fourth-order valence-corrected chi connectivity index (χ4v) is 12.7. The quantitative estimate of drug-likeness (QED) is 0.134. The topological polar surface area (TPSA) is 22.9 Å². The Kier molecular flexibility index (Phi) is 12.7. The van der Waals surface area contributed by atoms with Gasteiger partial charge in [-0.1, -0.05) is 234 Å². The summed E-state index contributed by atoms with van der Waals surface area (Å²) in [6, 6.07) is 88.3. The Morgan fingerprint density at radius 1 is 0.341 bits per heavy atom. The van der Waals surface area contributed by atoms with E-state index in [-0.39, 0.29) is 28.4 Å². The molecule has 13 rings (SSSR count). The van der Waals surface area contributed by atoms with Crippen molar-refractivity contribution in [2.75, 3.05) is 14.7 Å². The van der Waals surface area contributed by atoms with Gasteiger partial charge in [0, 0.05) is 55.8 Å². The summed E-state index contributed by atoms with van der Waals surface area (Å²) in [5, 5.41) is 1.13. The highest BCUT2D eigenvalue weighted by molar-refractivity contribution is 7.01. The van der Waals surface area contributed by atoms with Gasteiger partial charge in [-0.3, -0.25) is 4.90 Å². The number of rotatable bonds is 9. The smallest absolute Gasteiger partial charge is 0.257 e. The van der Waals surface area contributed by atoms with E-state index in [0.717, 1.165) is 73.5 Å². The Morgan fingerprint density at radius 2 is 0.780 bits per heavy atom. The predicted molar refractivity (Wildman–Crippen MR) is 350 cm³/mol. The van der Waals surface area contributed by atoms with Gasteiger partial charge in [0.05, 0.1) is 17.1 Å². The van der Waals surface area contributed by atoms with E-state index in [1.165, 1.54) is 55.3 Å². The molecule has 0 amide bonds. The van der Waals surface area contributed by atoms with Crippen LogP contribution in [0, 0.1) is 0 Å². The molecule has 0 fully saturated rings. The minimum atomic E-state index is -0.337. The SMILES string of the molecule is CC(C)(C)c1ccc(N2c3cc(C(C)(C)c4ccccc4)ccc3B3c4c2cc(N(c2ccccc2)c2ccccc2)cc4N(c2ccc(C(C)(C)C)cc2-c2ccccc2)c2oc4ccc(C(C)(C)C)cc4c23)c(-c2ccccc2)c1. The first-order valence-corrected chi connectivity index (χ1v) is 29.2. The number of furan rings is 1. The molecule has 0 atom stereocenters. The highest BCUT2D eigenvalue weighted by Crippen LogP contribution is 2.53. The van der Waals surface area contributed by atoms with E-state index >= 15 is 0 Å². The number of anilines is 9. The van der Waals surface area contributed by atoms with Crippen LogP contribution in [0.3, 0.4) is 0 Å². The molecule has 0 saturated heterocycles. The molecule has 2 aliphatic heterocycles. The van der Waals surface area contributed by atoms with Crippen LogP contribution < -0.4 is 31.1 Å². The van der Waals surface area contributed by atoms with Gasteiger partial charge in [0.1, 0.15) is 5.58 Å². The van der Waals surface area contributed by atoms with E-state index < -0.39 is 0 Å². The standard InChI is InChI=1S/C77H72BN3O/c1-74(2,3)54-38-42-65(61(45-54)51-27-17-12-18-28-51)80-67-48-57(77(10,11)53-31-21-14-22-32-53)37-41-64(67)78-71-63-47-56(76(7,8)9)40-44-70(63)82-73(71)81(66-43-39-55(75(4,5)6)46-62(66)52-29-19-13-20-30-52)69-50-60(49-68(80)72(69)78)79(58-33-23-15-24-34-58)59-35-25-16-26-36-59/h12-50H,1-11H3. The van der Waals surface area contributed by atoms with Crippen molar-refractivity contribution in [1.29, 1.82) is 0 Å². The van der Waals surface area contributed by atoms with E-state index in [9.17, 15) is 0 Å². The van der Waals surface area contributed by atoms with Gasteiger partial charge in [0.15, 0.2) is 0 Å². The Balaban J connectivity index is 1.23. The summed E-state index contributed by atoms with van der Waals surface area (Å²) in [6.07, 6.45) is 0. The lowest BCUT2D eigenvalue weighted by atomic mass is 9.33. The molecule has 0 aliphatic carbocycles. The van der Waals surface area contributed by atoms with Gasteiger partial charge in [-0.25, -0.2) is 0 Å². The molecule has 10 aromatic carbocycles. The number of hydrogen-bond donors (Lipinski definition) is 0. The zero-order valence-corrected chi connectivity index (χ0v) is 49.3. The lowest BCUT2D eigenvalue weighted by Gasteiger charge is -2.44. The van der Waals surface area contributed by atoms with Crippen LogP contribution in [0.15, 0.2) is 241 Å². The molecule has 5 heteroatoms. The third kappa shape index (κ3) is 9.02. The van der Waals surface area contributed by atoms with E-state index in [4.69, 9.17) is 4.42 Å². The third-order valence-electron chi connectivity index (χ3n) is 17.4. The molecule has 0 spiro atoms. The minimum Gasteiger partial charge on any atom is -0.440 e. The highest BCUT2D eigenvalue weighted by atomic mass is 16.4. The van der Waals surface area contributed by atoms with Gasteiger partial charge in [-0.2, -0.15) is 0 Å². The predicted octanol–water partition coefficient (Wildman–Crippen LogP) is 19.5. The number of nitrogens with zero attached hydrogens (tertiary/aromatic N) is 3. The molecule has 0 radical (unpaired) electrons.